The van der Waals surface area contributed by atoms with Crippen LogP contribution < -0.4 is 4.90 Å². The molecule has 1 aromatic carbocycles. The molecule has 1 aliphatic rings. The van der Waals surface area contributed by atoms with E-state index in [1.54, 1.807) is 30.5 Å². The Bertz CT molecular complexity index is 848. The van der Waals surface area contributed by atoms with Gasteiger partial charge in [-0.2, -0.15) is 0 Å². The van der Waals surface area contributed by atoms with E-state index >= 15 is 0 Å². The van der Waals surface area contributed by atoms with Crippen LogP contribution in [-0.2, 0) is 20.9 Å². The van der Waals surface area contributed by atoms with Crippen molar-refractivity contribution < 1.29 is 23.5 Å². The number of ether oxygens (including phenoxy) is 1. The van der Waals surface area contributed by atoms with Crippen LogP contribution in [0.2, 0.25) is 0 Å². The highest BCUT2D eigenvalue weighted by molar-refractivity contribution is 6.39. The zero-order valence-electron chi connectivity index (χ0n) is 13.2. The smallest absolute Gasteiger partial charge is 0.268 e. The highest BCUT2D eigenvalue weighted by Crippen LogP contribution is 2.37. The quantitative estimate of drug-likeness (QED) is 0.491. The van der Waals surface area contributed by atoms with Crippen LogP contribution in [0.3, 0.4) is 0 Å². The first-order chi connectivity index (χ1) is 11.5. The van der Waals surface area contributed by atoms with E-state index in [-0.39, 0.29) is 18.0 Å². The number of hydrogen-bond acceptors (Lipinski definition) is 5. The number of hydrogen-bond donors (Lipinski definition) is 0. The largest absolute Gasteiger partial charge is 0.496 e. The van der Waals surface area contributed by atoms with Gasteiger partial charge in [-0.25, -0.2) is 4.90 Å². The number of anilines is 1. The van der Waals surface area contributed by atoms with Gasteiger partial charge < -0.3 is 9.15 Å². The standard InChI is InChI=1S/C18H15NO5/c1-11(20)14-3-4-17-15(7-14)16(18(22)19(17)12(2)21)10-24-9-13-5-6-23-8-13/h3-8,10H,9H2,1-2H3. The zero-order valence-corrected chi connectivity index (χ0v) is 13.2. The van der Waals surface area contributed by atoms with Crippen molar-refractivity contribution in [2.75, 3.05) is 4.90 Å². The molecule has 0 unspecified atom stereocenters. The molecule has 0 radical (unpaired) electrons. The lowest BCUT2D eigenvalue weighted by Crippen LogP contribution is -2.31. The summed E-state index contributed by atoms with van der Waals surface area (Å²) in [6.07, 6.45) is 4.39. The highest BCUT2D eigenvalue weighted by atomic mass is 16.5. The van der Waals surface area contributed by atoms with Crippen LogP contribution in [-0.4, -0.2) is 17.6 Å². The molecule has 24 heavy (non-hydrogen) atoms. The molecular formula is C18H15NO5. The monoisotopic (exact) mass is 325 g/mol. The van der Waals surface area contributed by atoms with Crippen LogP contribution >= 0.6 is 0 Å². The Morgan fingerprint density at radius 3 is 2.67 bits per heavy atom. The molecule has 1 aliphatic heterocycles. The van der Waals surface area contributed by atoms with E-state index in [0.29, 0.717) is 16.8 Å². The van der Waals surface area contributed by atoms with Crippen molar-refractivity contribution in [2.24, 2.45) is 0 Å². The number of nitrogens with zero attached hydrogens (tertiary/aromatic N) is 1. The van der Waals surface area contributed by atoms with Crippen LogP contribution in [0.4, 0.5) is 5.69 Å². The number of amides is 2. The molecule has 2 aromatic rings. The summed E-state index contributed by atoms with van der Waals surface area (Å²) in [5.41, 5.74) is 2.49. The van der Waals surface area contributed by atoms with Crippen LogP contribution in [0.1, 0.15) is 35.3 Å². The minimum atomic E-state index is -0.467. The van der Waals surface area contributed by atoms with Gasteiger partial charge >= 0.3 is 0 Å². The van der Waals surface area contributed by atoms with Crippen molar-refractivity contribution in [2.45, 2.75) is 20.5 Å². The average molecular weight is 325 g/mol. The molecule has 0 saturated heterocycles. The van der Waals surface area contributed by atoms with Gasteiger partial charge in [0.2, 0.25) is 5.91 Å². The average Bonchev–Trinajstić information content (AvgIpc) is 3.13. The van der Waals surface area contributed by atoms with Crippen molar-refractivity contribution in [3.05, 3.63) is 59.7 Å². The topological polar surface area (TPSA) is 76.8 Å². The third-order valence-corrected chi connectivity index (χ3v) is 3.71. The Labute approximate surface area is 138 Å². The van der Waals surface area contributed by atoms with Crippen LogP contribution in [0, 0.1) is 0 Å². The van der Waals surface area contributed by atoms with E-state index in [4.69, 9.17) is 9.15 Å². The van der Waals surface area contributed by atoms with Crippen molar-refractivity contribution in [3.8, 4) is 0 Å². The number of fused-ring (bicyclic) bond motifs is 1. The first kappa shape index (κ1) is 15.7. The lowest BCUT2D eigenvalue weighted by Gasteiger charge is -2.12. The van der Waals surface area contributed by atoms with Crippen LogP contribution in [0.5, 0.6) is 0 Å². The van der Waals surface area contributed by atoms with Crippen molar-refractivity contribution in [3.63, 3.8) is 0 Å². The van der Waals surface area contributed by atoms with Gasteiger partial charge in [0, 0.05) is 23.6 Å². The first-order valence-electron chi connectivity index (χ1n) is 7.32. The number of benzene rings is 1. The second-order valence-corrected chi connectivity index (χ2v) is 5.42. The van der Waals surface area contributed by atoms with Gasteiger partial charge in [0.15, 0.2) is 5.78 Å². The molecule has 0 fully saturated rings. The maximum Gasteiger partial charge on any atom is 0.268 e. The van der Waals surface area contributed by atoms with E-state index in [0.717, 1.165) is 10.5 Å². The molecule has 0 N–H and O–H groups in total. The highest BCUT2D eigenvalue weighted by Gasteiger charge is 2.35. The third kappa shape index (κ3) is 2.74. The van der Waals surface area contributed by atoms with Crippen molar-refractivity contribution in [1.29, 1.82) is 0 Å². The summed E-state index contributed by atoms with van der Waals surface area (Å²) in [4.78, 5) is 37.0. The minimum absolute atomic E-state index is 0.120. The lowest BCUT2D eigenvalue weighted by atomic mass is 10.0. The van der Waals surface area contributed by atoms with Gasteiger partial charge in [-0.1, -0.05) is 0 Å². The molecule has 2 amide bonds. The molecule has 6 nitrogen and oxygen atoms in total. The molecular weight excluding hydrogens is 310 g/mol. The molecule has 3 rings (SSSR count). The van der Waals surface area contributed by atoms with E-state index < -0.39 is 11.8 Å². The Morgan fingerprint density at radius 2 is 2.04 bits per heavy atom. The Balaban J connectivity index is 1.97. The second-order valence-electron chi connectivity index (χ2n) is 5.42. The van der Waals surface area contributed by atoms with Gasteiger partial charge in [0.1, 0.15) is 6.61 Å². The maximum absolute atomic E-state index is 12.5. The fraction of sp³-hybridized carbons (Fsp3) is 0.167. The van der Waals surface area contributed by atoms with Crippen LogP contribution in [0.25, 0.3) is 5.57 Å². The van der Waals surface area contributed by atoms with E-state index in [1.807, 2.05) is 0 Å². The van der Waals surface area contributed by atoms with Gasteiger partial charge in [-0.15, -0.1) is 0 Å². The summed E-state index contributed by atoms with van der Waals surface area (Å²) in [5, 5.41) is 0. The normalized spacial score (nSPS) is 14.8. The predicted octanol–water partition coefficient (Wildman–Crippen LogP) is 2.93. The number of carbonyl (C=O) groups excluding carboxylic acids is 3. The summed E-state index contributed by atoms with van der Waals surface area (Å²) < 4.78 is 10.4. The molecule has 0 spiro atoms. The SMILES string of the molecule is CC(=O)c1ccc2c(c1)C(=COCc1ccoc1)C(=O)N2C(C)=O. The molecule has 0 bridgehead atoms. The van der Waals surface area contributed by atoms with Gasteiger partial charge in [-0.05, 0) is 31.2 Å². The molecule has 0 aliphatic carbocycles. The van der Waals surface area contributed by atoms with Crippen molar-refractivity contribution in [1.82, 2.24) is 0 Å². The lowest BCUT2D eigenvalue weighted by molar-refractivity contribution is -0.122. The number of carbonyl (C=O) groups is 3. The molecule has 1 aromatic heterocycles. The van der Waals surface area contributed by atoms with Crippen molar-refractivity contribution >= 4 is 28.9 Å². The summed E-state index contributed by atoms with van der Waals surface area (Å²) >= 11 is 0. The Morgan fingerprint density at radius 1 is 1.25 bits per heavy atom. The molecule has 0 saturated carbocycles. The summed E-state index contributed by atoms with van der Waals surface area (Å²) in [7, 11) is 0. The summed E-state index contributed by atoms with van der Waals surface area (Å²) in [6.45, 7) is 2.99. The van der Waals surface area contributed by atoms with E-state index in [2.05, 4.69) is 0 Å². The summed E-state index contributed by atoms with van der Waals surface area (Å²) in [5.74, 6) is -0.981. The number of furan rings is 1. The second kappa shape index (κ2) is 6.16. The maximum atomic E-state index is 12.5. The minimum Gasteiger partial charge on any atom is -0.496 e. The number of rotatable bonds is 4. The number of ketones is 1. The molecule has 0 atom stereocenters. The fourth-order valence-corrected chi connectivity index (χ4v) is 2.53. The fourth-order valence-electron chi connectivity index (χ4n) is 2.53. The first-order valence-corrected chi connectivity index (χ1v) is 7.32. The van der Waals surface area contributed by atoms with Gasteiger partial charge in [0.25, 0.3) is 5.91 Å². The van der Waals surface area contributed by atoms with E-state index in [9.17, 15) is 14.4 Å². The Kier molecular flexibility index (Phi) is 4.04. The molecule has 6 heteroatoms. The predicted molar refractivity (Wildman–Crippen MR) is 86.1 cm³/mol. The van der Waals surface area contributed by atoms with Gasteiger partial charge in [-0.3, -0.25) is 14.4 Å². The molecule has 122 valence electrons. The van der Waals surface area contributed by atoms with E-state index in [1.165, 1.54) is 26.4 Å². The number of imide groups is 1. The molecule has 2 heterocycles. The van der Waals surface area contributed by atoms with Gasteiger partial charge in [0.05, 0.1) is 30.0 Å². The summed E-state index contributed by atoms with van der Waals surface area (Å²) in [6, 6.07) is 6.55. The van der Waals surface area contributed by atoms with Crippen LogP contribution in [0.15, 0.2) is 47.5 Å². The third-order valence-electron chi connectivity index (χ3n) is 3.71. The number of Topliss-reactive ketones (excluding diaryl/α,β-unsaturated/α-hetero) is 1. The Hall–Kier alpha value is -3.15. The zero-order chi connectivity index (χ0) is 17.3.